The number of hydrogen-bond acceptors (Lipinski definition) is 3. The van der Waals surface area contributed by atoms with Gasteiger partial charge in [-0.3, -0.25) is 0 Å². The molecule has 0 saturated carbocycles. The fourth-order valence-electron chi connectivity index (χ4n) is 1.92. The van der Waals surface area contributed by atoms with Gasteiger partial charge in [0.1, 0.15) is 10.2 Å². The van der Waals surface area contributed by atoms with Crippen LogP contribution in [0.25, 0.3) is 11.3 Å². The van der Waals surface area contributed by atoms with Crippen molar-refractivity contribution in [2.45, 2.75) is 6.42 Å². The van der Waals surface area contributed by atoms with Gasteiger partial charge >= 0.3 is 5.63 Å². The Morgan fingerprint density at radius 2 is 1.94 bits per heavy atom. The van der Waals surface area contributed by atoms with Gasteiger partial charge < -0.3 is 9.15 Å². The number of halogens is 1. The highest BCUT2D eigenvalue weighted by molar-refractivity contribution is 9.10. The summed E-state index contributed by atoms with van der Waals surface area (Å²) in [6.07, 6.45) is 0.616. The fourth-order valence-corrected chi connectivity index (χ4v) is 2.59. The van der Waals surface area contributed by atoms with Gasteiger partial charge in [0.2, 0.25) is 0 Å². The van der Waals surface area contributed by atoms with E-state index in [2.05, 4.69) is 15.9 Å². The van der Waals surface area contributed by atoms with Crippen molar-refractivity contribution in [2.75, 3.05) is 6.61 Å². The van der Waals surface area contributed by atoms with Crippen LogP contribution in [-0.2, 0) is 6.42 Å². The van der Waals surface area contributed by atoms with E-state index in [-0.39, 0.29) is 5.63 Å². The maximum absolute atomic E-state index is 11.8. The van der Waals surface area contributed by atoms with Gasteiger partial charge in [-0.1, -0.05) is 30.3 Å². The minimum atomic E-state index is -0.306. The Labute approximate surface area is 106 Å². The Kier molecular flexibility index (Phi) is 2.52. The molecule has 1 aromatic carbocycles. The summed E-state index contributed by atoms with van der Waals surface area (Å²) in [6.45, 7) is 0.539. The summed E-state index contributed by atoms with van der Waals surface area (Å²) >= 11 is 3.45. The van der Waals surface area contributed by atoms with Crippen molar-refractivity contribution in [3.63, 3.8) is 0 Å². The third-order valence-electron chi connectivity index (χ3n) is 2.75. The average Bonchev–Trinajstić information content (AvgIpc) is 2.85. The molecule has 0 saturated heterocycles. The van der Waals surface area contributed by atoms with Crippen LogP contribution in [0.4, 0.5) is 0 Å². The van der Waals surface area contributed by atoms with Gasteiger partial charge in [0.25, 0.3) is 0 Å². The normalized spacial score (nSPS) is 13.2. The lowest BCUT2D eigenvalue weighted by atomic mass is 10.1. The zero-order chi connectivity index (χ0) is 11.8. The van der Waals surface area contributed by atoms with Gasteiger partial charge in [0.15, 0.2) is 5.76 Å². The lowest BCUT2D eigenvalue weighted by Crippen LogP contribution is -2.05. The molecule has 0 spiro atoms. The van der Waals surface area contributed by atoms with Crippen LogP contribution in [-0.4, -0.2) is 6.61 Å². The molecular weight excluding hydrogens is 284 g/mol. The molecule has 4 heteroatoms. The molecule has 17 heavy (non-hydrogen) atoms. The van der Waals surface area contributed by atoms with Crippen molar-refractivity contribution in [1.82, 2.24) is 0 Å². The summed E-state index contributed by atoms with van der Waals surface area (Å²) in [5.74, 6) is 1.15. The Hall–Kier alpha value is -1.55. The quantitative estimate of drug-likeness (QED) is 0.811. The second-order valence-corrected chi connectivity index (χ2v) is 4.60. The molecule has 2 heterocycles. The Morgan fingerprint density at radius 1 is 1.18 bits per heavy atom. The standard InChI is InChI=1S/C13H9BrO3/c14-10-11(8-4-2-1-3-5-8)17-13(15)9-6-7-16-12(9)10/h1-5H,6-7H2. The monoisotopic (exact) mass is 292 g/mol. The smallest absolute Gasteiger partial charge is 0.343 e. The molecule has 0 fully saturated rings. The molecule has 3 rings (SSSR count). The summed E-state index contributed by atoms with van der Waals surface area (Å²) in [7, 11) is 0. The molecule has 3 nitrogen and oxygen atoms in total. The van der Waals surface area contributed by atoms with E-state index in [0.717, 1.165) is 10.0 Å². The van der Waals surface area contributed by atoms with Crippen molar-refractivity contribution in [3.05, 3.63) is 50.8 Å². The molecule has 0 amide bonds. The highest BCUT2D eigenvalue weighted by atomic mass is 79.9. The molecule has 0 bridgehead atoms. The summed E-state index contributed by atoms with van der Waals surface area (Å²) in [6, 6.07) is 9.50. The Balaban J connectivity index is 2.26. The van der Waals surface area contributed by atoms with E-state index in [1.165, 1.54) is 0 Å². The molecule has 0 atom stereocenters. The SMILES string of the molecule is O=c1oc(-c2ccccc2)c(Br)c2c1CCO2. The molecule has 0 N–H and O–H groups in total. The van der Waals surface area contributed by atoms with Gasteiger partial charge in [0, 0.05) is 12.0 Å². The first-order valence-electron chi connectivity index (χ1n) is 5.31. The molecule has 0 unspecified atom stereocenters. The van der Waals surface area contributed by atoms with Crippen molar-refractivity contribution in [3.8, 4) is 17.1 Å². The van der Waals surface area contributed by atoms with Crippen molar-refractivity contribution in [2.24, 2.45) is 0 Å². The maximum atomic E-state index is 11.8. The number of benzene rings is 1. The van der Waals surface area contributed by atoms with Crippen LogP contribution in [0.2, 0.25) is 0 Å². The molecule has 0 aliphatic carbocycles. The van der Waals surface area contributed by atoms with E-state index in [1.807, 2.05) is 30.3 Å². The Morgan fingerprint density at radius 3 is 2.71 bits per heavy atom. The predicted octanol–water partition coefficient (Wildman–Crippen LogP) is 3.00. The molecule has 1 aliphatic rings. The minimum absolute atomic E-state index is 0.306. The highest BCUT2D eigenvalue weighted by Gasteiger charge is 2.24. The van der Waals surface area contributed by atoms with Crippen LogP contribution in [0.5, 0.6) is 5.75 Å². The third kappa shape index (κ3) is 1.69. The van der Waals surface area contributed by atoms with Crippen LogP contribution < -0.4 is 10.4 Å². The third-order valence-corrected chi connectivity index (χ3v) is 3.47. The topological polar surface area (TPSA) is 39.4 Å². The van der Waals surface area contributed by atoms with Crippen LogP contribution in [0, 0.1) is 0 Å². The molecule has 1 aliphatic heterocycles. The number of hydrogen-bond donors (Lipinski definition) is 0. The first kappa shape index (κ1) is 10.6. The first-order chi connectivity index (χ1) is 8.27. The predicted molar refractivity (Wildman–Crippen MR) is 67.3 cm³/mol. The van der Waals surface area contributed by atoms with Crippen LogP contribution >= 0.6 is 15.9 Å². The molecule has 2 aromatic rings. The van der Waals surface area contributed by atoms with Crippen LogP contribution in [0.1, 0.15) is 5.56 Å². The van der Waals surface area contributed by atoms with Crippen molar-refractivity contribution in [1.29, 1.82) is 0 Å². The van der Waals surface area contributed by atoms with Crippen LogP contribution in [0.3, 0.4) is 0 Å². The number of fused-ring (bicyclic) bond motifs is 1. The lowest BCUT2D eigenvalue weighted by Gasteiger charge is -2.06. The van der Waals surface area contributed by atoms with Gasteiger partial charge in [-0.05, 0) is 15.9 Å². The Bertz CT molecular complexity index is 617. The zero-order valence-corrected chi connectivity index (χ0v) is 10.5. The molecule has 1 aromatic heterocycles. The maximum Gasteiger partial charge on any atom is 0.343 e. The zero-order valence-electron chi connectivity index (χ0n) is 8.90. The fraction of sp³-hybridized carbons (Fsp3) is 0.154. The minimum Gasteiger partial charge on any atom is -0.491 e. The van der Waals surface area contributed by atoms with E-state index in [4.69, 9.17) is 9.15 Å². The first-order valence-corrected chi connectivity index (χ1v) is 6.10. The van der Waals surface area contributed by atoms with Crippen molar-refractivity contribution >= 4 is 15.9 Å². The van der Waals surface area contributed by atoms with Gasteiger partial charge in [-0.15, -0.1) is 0 Å². The van der Waals surface area contributed by atoms with E-state index in [0.29, 0.717) is 30.1 Å². The van der Waals surface area contributed by atoms with Crippen LogP contribution in [0.15, 0.2) is 44.0 Å². The summed E-state index contributed by atoms with van der Waals surface area (Å²) in [5, 5.41) is 0. The molecule has 86 valence electrons. The number of ether oxygens (including phenoxy) is 1. The lowest BCUT2D eigenvalue weighted by molar-refractivity contribution is 0.353. The van der Waals surface area contributed by atoms with Gasteiger partial charge in [0.05, 0.1) is 12.2 Å². The van der Waals surface area contributed by atoms with E-state index in [1.54, 1.807) is 0 Å². The van der Waals surface area contributed by atoms with Gasteiger partial charge in [-0.2, -0.15) is 0 Å². The summed E-state index contributed by atoms with van der Waals surface area (Å²) in [5.41, 5.74) is 1.17. The largest absolute Gasteiger partial charge is 0.491 e. The second-order valence-electron chi connectivity index (χ2n) is 3.80. The molecule has 0 radical (unpaired) electrons. The summed E-state index contributed by atoms with van der Waals surface area (Å²) in [4.78, 5) is 11.8. The van der Waals surface area contributed by atoms with E-state index >= 15 is 0 Å². The van der Waals surface area contributed by atoms with Crippen molar-refractivity contribution < 1.29 is 9.15 Å². The average molecular weight is 293 g/mol. The van der Waals surface area contributed by atoms with E-state index < -0.39 is 0 Å². The summed E-state index contributed by atoms with van der Waals surface area (Å²) < 4.78 is 11.5. The second kappa shape index (κ2) is 4.04. The van der Waals surface area contributed by atoms with Gasteiger partial charge in [-0.25, -0.2) is 4.79 Å². The highest BCUT2D eigenvalue weighted by Crippen LogP contribution is 2.38. The number of rotatable bonds is 1. The van der Waals surface area contributed by atoms with E-state index in [9.17, 15) is 4.79 Å². The molecular formula is C13H9BrO3.